The van der Waals surface area contributed by atoms with Crippen molar-refractivity contribution in [2.45, 2.75) is 26.0 Å². The SMILES string of the molecule is COc1cccc(C(O)CNC(C)c2ccc(C)cc2)c1. The average molecular weight is 285 g/mol. The molecule has 0 fully saturated rings. The minimum atomic E-state index is -0.548. The van der Waals surface area contributed by atoms with Crippen LogP contribution in [0, 0.1) is 6.92 Å². The highest BCUT2D eigenvalue weighted by Gasteiger charge is 2.11. The second kappa shape index (κ2) is 7.25. The van der Waals surface area contributed by atoms with E-state index in [0.717, 1.165) is 11.3 Å². The Morgan fingerprint density at radius 2 is 1.81 bits per heavy atom. The third kappa shape index (κ3) is 4.31. The lowest BCUT2D eigenvalue weighted by Gasteiger charge is -2.18. The Morgan fingerprint density at radius 3 is 2.48 bits per heavy atom. The molecule has 0 saturated carbocycles. The van der Waals surface area contributed by atoms with Gasteiger partial charge in [-0.3, -0.25) is 0 Å². The highest BCUT2D eigenvalue weighted by Crippen LogP contribution is 2.20. The number of aryl methyl sites for hydroxylation is 1. The summed E-state index contributed by atoms with van der Waals surface area (Å²) >= 11 is 0. The fourth-order valence-corrected chi connectivity index (χ4v) is 2.23. The summed E-state index contributed by atoms with van der Waals surface area (Å²) < 4.78 is 5.18. The predicted molar refractivity (Wildman–Crippen MR) is 85.6 cm³/mol. The number of ether oxygens (including phenoxy) is 1. The first-order chi connectivity index (χ1) is 10.1. The fraction of sp³-hybridized carbons (Fsp3) is 0.333. The smallest absolute Gasteiger partial charge is 0.119 e. The van der Waals surface area contributed by atoms with Crippen LogP contribution in [0.5, 0.6) is 5.75 Å². The van der Waals surface area contributed by atoms with Gasteiger partial charge in [0.05, 0.1) is 13.2 Å². The molecule has 0 radical (unpaired) electrons. The van der Waals surface area contributed by atoms with Crippen LogP contribution in [0.4, 0.5) is 0 Å². The molecular formula is C18H23NO2. The highest BCUT2D eigenvalue weighted by atomic mass is 16.5. The van der Waals surface area contributed by atoms with Crippen molar-refractivity contribution in [1.82, 2.24) is 5.32 Å². The predicted octanol–water partition coefficient (Wildman–Crippen LogP) is 3.39. The maximum atomic E-state index is 10.3. The van der Waals surface area contributed by atoms with Crippen molar-refractivity contribution in [2.24, 2.45) is 0 Å². The van der Waals surface area contributed by atoms with Crippen molar-refractivity contribution in [3.05, 3.63) is 65.2 Å². The van der Waals surface area contributed by atoms with E-state index in [1.54, 1.807) is 7.11 Å². The molecule has 0 aliphatic carbocycles. The first-order valence-corrected chi connectivity index (χ1v) is 7.22. The third-order valence-electron chi connectivity index (χ3n) is 3.67. The zero-order valence-corrected chi connectivity index (χ0v) is 12.8. The molecule has 0 aliphatic rings. The minimum Gasteiger partial charge on any atom is -0.497 e. The topological polar surface area (TPSA) is 41.5 Å². The number of benzene rings is 2. The monoisotopic (exact) mass is 285 g/mol. The van der Waals surface area contributed by atoms with Crippen LogP contribution in [0.3, 0.4) is 0 Å². The molecule has 2 atom stereocenters. The Labute approximate surface area is 126 Å². The number of hydrogen-bond donors (Lipinski definition) is 2. The molecule has 0 spiro atoms. The number of rotatable bonds is 6. The lowest BCUT2D eigenvalue weighted by Crippen LogP contribution is -2.24. The van der Waals surface area contributed by atoms with E-state index in [9.17, 15) is 5.11 Å². The normalized spacial score (nSPS) is 13.7. The largest absolute Gasteiger partial charge is 0.497 e. The zero-order chi connectivity index (χ0) is 15.2. The van der Waals surface area contributed by atoms with Crippen LogP contribution >= 0.6 is 0 Å². The molecule has 0 aromatic heterocycles. The van der Waals surface area contributed by atoms with Gasteiger partial charge in [-0.1, -0.05) is 42.0 Å². The first kappa shape index (κ1) is 15.5. The molecule has 0 aliphatic heterocycles. The molecule has 0 saturated heterocycles. The van der Waals surface area contributed by atoms with Gasteiger partial charge in [-0.2, -0.15) is 0 Å². The third-order valence-corrected chi connectivity index (χ3v) is 3.67. The van der Waals surface area contributed by atoms with Gasteiger partial charge in [0.15, 0.2) is 0 Å². The number of aliphatic hydroxyl groups excluding tert-OH is 1. The van der Waals surface area contributed by atoms with Crippen molar-refractivity contribution >= 4 is 0 Å². The summed E-state index contributed by atoms with van der Waals surface area (Å²) in [5.74, 6) is 0.762. The highest BCUT2D eigenvalue weighted by molar-refractivity contribution is 5.30. The van der Waals surface area contributed by atoms with Gasteiger partial charge in [-0.25, -0.2) is 0 Å². The van der Waals surface area contributed by atoms with Crippen molar-refractivity contribution in [3.63, 3.8) is 0 Å². The summed E-state index contributed by atoms with van der Waals surface area (Å²) in [4.78, 5) is 0. The van der Waals surface area contributed by atoms with E-state index in [-0.39, 0.29) is 6.04 Å². The second-order valence-electron chi connectivity index (χ2n) is 5.33. The van der Waals surface area contributed by atoms with Crippen LogP contribution in [0.1, 0.15) is 35.8 Å². The van der Waals surface area contributed by atoms with E-state index >= 15 is 0 Å². The van der Waals surface area contributed by atoms with Crippen molar-refractivity contribution in [2.75, 3.05) is 13.7 Å². The van der Waals surface area contributed by atoms with Gasteiger partial charge >= 0.3 is 0 Å². The fourth-order valence-electron chi connectivity index (χ4n) is 2.23. The first-order valence-electron chi connectivity index (χ1n) is 7.22. The van der Waals surface area contributed by atoms with Gasteiger partial charge in [-0.05, 0) is 37.1 Å². The standard InChI is InChI=1S/C18H23NO2/c1-13-7-9-15(10-8-13)14(2)19-12-18(20)16-5-4-6-17(11-16)21-3/h4-11,14,18-20H,12H2,1-3H3. The Hall–Kier alpha value is -1.84. The van der Waals surface area contributed by atoms with E-state index in [2.05, 4.69) is 43.4 Å². The molecule has 2 N–H and O–H groups in total. The minimum absolute atomic E-state index is 0.200. The zero-order valence-electron chi connectivity index (χ0n) is 12.8. The van der Waals surface area contributed by atoms with E-state index < -0.39 is 6.10 Å². The lowest BCUT2D eigenvalue weighted by atomic mass is 10.1. The molecule has 0 amide bonds. The maximum Gasteiger partial charge on any atom is 0.119 e. The van der Waals surface area contributed by atoms with E-state index in [0.29, 0.717) is 6.54 Å². The summed E-state index contributed by atoms with van der Waals surface area (Å²) in [5, 5.41) is 13.6. The quantitative estimate of drug-likeness (QED) is 0.855. The van der Waals surface area contributed by atoms with E-state index in [1.165, 1.54) is 11.1 Å². The van der Waals surface area contributed by atoms with E-state index in [1.807, 2.05) is 24.3 Å². The van der Waals surface area contributed by atoms with Gasteiger partial charge in [-0.15, -0.1) is 0 Å². The summed E-state index contributed by atoms with van der Waals surface area (Å²) in [6.07, 6.45) is -0.548. The Morgan fingerprint density at radius 1 is 1.10 bits per heavy atom. The van der Waals surface area contributed by atoms with E-state index in [4.69, 9.17) is 4.74 Å². The summed E-state index contributed by atoms with van der Waals surface area (Å²) in [6, 6.07) is 16.2. The van der Waals surface area contributed by atoms with Crippen LogP contribution in [0.15, 0.2) is 48.5 Å². The van der Waals surface area contributed by atoms with Crippen LogP contribution < -0.4 is 10.1 Å². The molecule has 0 heterocycles. The number of aliphatic hydroxyl groups is 1. The summed E-state index contributed by atoms with van der Waals surface area (Å²) in [7, 11) is 1.63. The molecule has 112 valence electrons. The second-order valence-corrected chi connectivity index (χ2v) is 5.33. The van der Waals surface area contributed by atoms with Crippen LogP contribution in [0.2, 0.25) is 0 Å². The average Bonchev–Trinajstić information content (AvgIpc) is 2.53. The molecule has 2 rings (SSSR count). The Kier molecular flexibility index (Phi) is 5.37. The van der Waals surface area contributed by atoms with Crippen molar-refractivity contribution in [3.8, 4) is 5.75 Å². The van der Waals surface area contributed by atoms with Gasteiger partial charge in [0.25, 0.3) is 0 Å². The summed E-state index contributed by atoms with van der Waals surface area (Å²) in [6.45, 7) is 4.68. The van der Waals surface area contributed by atoms with Gasteiger partial charge in [0.2, 0.25) is 0 Å². The van der Waals surface area contributed by atoms with Crippen molar-refractivity contribution in [1.29, 1.82) is 0 Å². The van der Waals surface area contributed by atoms with Gasteiger partial charge in [0, 0.05) is 12.6 Å². The molecule has 2 unspecified atom stereocenters. The lowest BCUT2D eigenvalue weighted by molar-refractivity contribution is 0.170. The Balaban J connectivity index is 1.93. The van der Waals surface area contributed by atoms with Crippen molar-refractivity contribution < 1.29 is 9.84 Å². The number of nitrogens with one attached hydrogen (secondary N) is 1. The molecule has 3 heteroatoms. The number of hydrogen-bond acceptors (Lipinski definition) is 3. The summed E-state index contributed by atoms with van der Waals surface area (Å²) in [5.41, 5.74) is 3.33. The molecule has 2 aromatic rings. The maximum absolute atomic E-state index is 10.3. The molecule has 3 nitrogen and oxygen atoms in total. The van der Waals surface area contributed by atoms with Crippen LogP contribution in [-0.4, -0.2) is 18.8 Å². The van der Waals surface area contributed by atoms with Crippen LogP contribution in [-0.2, 0) is 0 Å². The van der Waals surface area contributed by atoms with Gasteiger partial charge in [0.1, 0.15) is 5.75 Å². The number of methoxy groups -OCH3 is 1. The molecule has 0 bridgehead atoms. The Bertz CT molecular complexity index is 566. The molecule has 21 heavy (non-hydrogen) atoms. The van der Waals surface area contributed by atoms with Gasteiger partial charge < -0.3 is 15.2 Å². The molecule has 2 aromatic carbocycles. The molecular weight excluding hydrogens is 262 g/mol. The van der Waals surface area contributed by atoms with Crippen LogP contribution in [0.25, 0.3) is 0 Å².